The molecule has 0 aromatic heterocycles. The molecule has 2 aromatic carbocycles. The van der Waals surface area contributed by atoms with Gasteiger partial charge in [0.15, 0.2) is 0 Å². The molecule has 0 saturated carbocycles. The minimum atomic E-state index is -1.81. The van der Waals surface area contributed by atoms with Gasteiger partial charge in [-0.15, -0.1) is 0 Å². The molecule has 0 saturated heterocycles. The Labute approximate surface area is 127 Å². The van der Waals surface area contributed by atoms with Gasteiger partial charge in [-0.2, -0.15) is 0 Å². The summed E-state index contributed by atoms with van der Waals surface area (Å²) < 4.78 is 0. The van der Waals surface area contributed by atoms with Crippen LogP contribution in [0.4, 0.5) is 0 Å². The molecule has 104 valence electrons. The van der Waals surface area contributed by atoms with Crippen molar-refractivity contribution in [1.29, 1.82) is 0 Å². The fourth-order valence-electron chi connectivity index (χ4n) is 2.17. The highest BCUT2D eigenvalue weighted by Gasteiger charge is 2.18. The first-order valence-electron chi connectivity index (χ1n) is 7.16. The fourth-order valence-corrected chi connectivity index (χ4v) is 5.47. The predicted octanol–water partition coefficient (Wildman–Crippen LogP) is 4.82. The van der Waals surface area contributed by atoms with Crippen molar-refractivity contribution in [3.8, 4) is 0 Å². The van der Waals surface area contributed by atoms with Crippen molar-refractivity contribution in [1.82, 2.24) is 0 Å². The van der Waals surface area contributed by atoms with Crippen molar-refractivity contribution < 1.29 is 0 Å². The Bertz CT molecular complexity index is 544. The number of benzene rings is 2. The molecule has 0 unspecified atom stereocenters. The Balaban J connectivity index is 2.39. The van der Waals surface area contributed by atoms with Crippen molar-refractivity contribution in [2.45, 2.75) is 26.2 Å². The summed E-state index contributed by atoms with van der Waals surface area (Å²) in [7, 11) is 0. The highest BCUT2D eigenvalue weighted by atomic mass is 32.4. The summed E-state index contributed by atoms with van der Waals surface area (Å²) in [6, 6.07) is 19.3. The lowest BCUT2D eigenvalue weighted by Gasteiger charge is -2.19. The average Bonchev–Trinajstić information content (AvgIpc) is 2.53. The summed E-state index contributed by atoms with van der Waals surface area (Å²) in [6.45, 7) is 2.22. The highest BCUT2D eigenvalue weighted by molar-refractivity contribution is 8.23. The second-order valence-corrected chi connectivity index (χ2v) is 9.23. The van der Waals surface area contributed by atoms with E-state index in [1.54, 1.807) is 0 Å². The van der Waals surface area contributed by atoms with Gasteiger partial charge >= 0.3 is 0 Å². The third-order valence-corrected chi connectivity index (χ3v) is 7.71. The lowest BCUT2D eigenvalue weighted by molar-refractivity contribution is 0.815. The number of hydrogen-bond acceptors (Lipinski definition) is 1. The number of unbranched alkanes of at least 4 members (excludes halogenated alkanes) is 2. The van der Waals surface area contributed by atoms with Crippen LogP contribution in [-0.2, 0) is 11.8 Å². The first-order valence-corrected chi connectivity index (χ1v) is 10.0. The standard InChI is InChI=1S/C18H21PS/c1-2-3-4-11-16-19(20,17-12-7-5-8-13-17)18-14-9-6-10-15-18/h5-16H,2-4H2,1H3/b16-11-. The molecule has 20 heavy (non-hydrogen) atoms. The predicted molar refractivity (Wildman–Crippen MR) is 95.1 cm³/mol. The molecule has 0 heterocycles. The minimum absolute atomic E-state index is 1.12. The maximum Gasteiger partial charge on any atom is 0.0307 e. The average molecular weight is 300 g/mol. The van der Waals surface area contributed by atoms with Gasteiger partial charge < -0.3 is 0 Å². The smallest absolute Gasteiger partial charge is 0.0307 e. The van der Waals surface area contributed by atoms with Crippen LogP contribution < -0.4 is 10.6 Å². The highest BCUT2D eigenvalue weighted by Crippen LogP contribution is 2.45. The SMILES string of the molecule is CCCC/C=C\P(=S)(c1ccccc1)c1ccccc1. The molecule has 0 atom stereocenters. The van der Waals surface area contributed by atoms with Crippen LogP contribution in [0.25, 0.3) is 0 Å². The molecule has 0 nitrogen and oxygen atoms in total. The van der Waals surface area contributed by atoms with Crippen LogP contribution in [0.1, 0.15) is 26.2 Å². The normalized spacial score (nSPS) is 11.8. The molecule has 0 aliphatic carbocycles. The third kappa shape index (κ3) is 3.69. The summed E-state index contributed by atoms with van der Waals surface area (Å²) in [4.78, 5) is 0. The van der Waals surface area contributed by atoms with Crippen LogP contribution in [0.3, 0.4) is 0 Å². The zero-order chi connectivity index (χ0) is 14.3. The molecule has 2 rings (SSSR count). The lowest BCUT2D eigenvalue weighted by atomic mass is 10.2. The number of allylic oxidation sites excluding steroid dienone is 1. The Morgan fingerprint density at radius 2 is 1.40 bits per heavy atom. The largest absolute Gasteiger partial charge is 0.0832 e. The van der Waals surface area contributed by atoms with E-state index in [0.717, 1.165) is 6.42 Å². The zero-order valence-electron chi connectivity index (χ0n) is 11.9. The van der Waals surface area contributed by atoms with Crippen molar-refractivity contribution in [2.75, 3.05) is 0 Å². The molecule has 0 radical (unpaired) electrons. The van der Waals surface area contributed by atoms with Crippen molar-refractivity contribution in [3.63, 3.8) is 0 Å². The van der Waals surface area contributed by atoms with Crippen LogP contribution >= 0.6 is 6.04 Å². The number of hydrogen-bond donors (Lipinski definition) is 0. The van der Waals surface area contributed by atoms with Gasteiger partial charge in [0.2, 0.25) is 0 Å². The van der Waals surface area contributed by atoms with Gasteiger partial charge in [0.05, 0.1) is 0 Å². The fraction of sp³-hybridized carbons (Fsp3) is 0.222. The van der Waals surface area contributed by atoms with E-state index in [-0.39, 0.29) is 0 Å². The Kier molecular flexibility index (Phi) is 5.76. The van der Waals surface area contributed by atoms with Crippen LogP contribution in [0.15, 0.2) is 72.6 Å². The Morgan fingerprint density at radius 1 is 0.900 bits per heavy atom. The molecule has 0 N–H and O–H groups in total. The summed E-state index contributed by atoms with van der Waals surface area (Å²) in [5.74, 6) is 2.29. The van der Waals surface area contributed by atoms with E-state index in [0.29, 0.717) is 0 Å². The quantitative estimate of drug-likeness (QED) is 0.544. The van der Waals surface area contributed by atoms with E-state index in [4.69, 9.17) is 11.8 Å². The molecule has 2 heteroatoms. The number of rotatable bonds is 6. The van der Waals surface area contributed by atoms with Crippen LogP contribution in [0.5, 0.6) is 0 Å². The molecule has 0 bridgehead atoms. The lowest BCUT2D eigenvalue weighted by Crippen LogP contribution is -2.13. The Morgan fingerprint density at radius 3 is 1.85 bits per heavy atom. The monoisotopic (exact) mass is 300 g/mol. The van der Waals surface area contributed by atoms with E-state index >= 15 is 0 Å². The molecule has 0 aliphatic heterocycles. The van der Waals surface area contributed by atoms with Gasteiger partial charge in [0.1, 0.15) is 0 Å². The molecular weight excluding hydrogens is 279 g/mol. The van der Waals surface area contributed by atoms with Gasteiger partial charge in [-0.3, -0.25) is 0 Å². The van der Waals surface area contributed by atoms with Crippen LogP contribution in [0, 0.1) is 0 Å². The molecular formula is C18H21PS. The van der Waals surface area contributed by atoms with E-state index in [9.17, 15) is 0 Å². The van der Waals surface area contributed by atoms with Crippen LogP contribution in [-0.4, -0.2) is 0 Å². The zero-order valence-corrected chi connectivity index (χ0v) is 13.6. The summed E-state index contributed by atoms with van der Waals surface area (Å²) in [6.07, 6.45) is 5.86. The van der Waals surface area contributed by atoms with Gasteiger partial charge in [-0.05, 0) is 22.8 Å². The minimum Gasteiger partial charge on any atom is -0.0832 e. The first kappa shape index (κ1) is 15.2. The van der Waals surface area contributed by atoms with Crippen molar-refractivity contribution in [2.24, 2.45) is 0 Å². The molecule has 0 aliphatic rings. The molecule has 0 spiro atoms. The summed E-state index contributed by atoms with van der Waals surface area (Å²) in [5, 5.41) is 2.54. The molecule has 2 aromatic rings. The summed E-state index contributed by atoms with van der Waals surface area (Å²) >= 11 is 6.11. The summed E-state index contributed by atoms with van der Waals surface area (Å²) in [5.41, 5.74) is 0. The molecule has 0 amide bonds. The van der Waals surface area contributed by atoms with E-state index in [2.05, 4.69) is 79.5 Å². The van der Waals surface area contributed by atoms with Crippen molar-refractivity contribution in [3.05, 3.63) is 72.6 Å². The maximum atomic E-state index is 6.11. The van der Waals surface area contributed by atoms with Gasteiger partial charge in [0.25, 0.3) is 0 Å². The van der Waals surface area contributed by atoms with Gasteiger partial charge in [0, 0.05) is 6.04 Å². The second kappa shape index (κ2) is 7.57. The van der Waals surface area contributed by atoms with Crippen LogP contribution in [0.2, 0.25) is 0 Å². The topological polar surface area (TPSA) is 0 Å². The first-order chi connectivity index (χ1) is 9.77. The third-order valence-electron chi connectivity index (χ3n) is 3.32. The van der Waals surface area contributed by atoms with E-state index < -0.39 is 6.04 Å². The Hall–Kier alpha value is -1.17. The maximum absolute atomic E-state index is 6.11. The van der Waals surface area contributed by atoms with Gasteiger partial charge in [-0.25, -0.2) is 0 Å². The van der Waals surface area contributed by atoms with Crippen molar-refractivity contribution >= 4 is 28.5 Å². The second-order valence-electron chi connectivity index (χ2n) is 4.86. The van der Waals surface area contributed by atoms with E-state index in [1.165, 1.54) is 23.5 Å². The van der Waals surface area contributed by atoms with Gasteiger partial charge in [-0.1, -0.05) is 98.3 Å². The van der Waals surface area contributed by atoms with E-state index in [1.807, 2.05) is 0 Å². The molecule has 0 fully saturated rings.